The van der Waals surface area contributed by atoms with Gasteiger partial charge in [-0.15, -0.1) is 0 Å². The molecule has 0 saturated heterocycles. The summed E-state index contributed by atoms with van der Waals surface area (Å²) in [6.45, 7) is 6.32. The smallest absolute Gasteiger partial charge is 0.0942 e. The monoisotopic (exact) mass is 207 g/mol. The van der Waals surface area contributed by atoms with Crippen LogP contribution >= 0.6 is 0 Å². The highest BCUT2D eigenvalue weighted by atomic mass is 16.3. The molecule has 1 rings (SSSR count). The van der Waals surface area contributed by atoms with Crippen molar-refractivity contribution < 1.29 is 5.11 Å². The van der Waals surface area contributed by atoms with E-state index >= 15 is 0 Å². The number of likely N-dealkylation sites (N-methyl/N-ethyl adjacent to an activating group) is 1. The molecule has 0 fully saturated rings. The normalized spacial score (nSPS) is 15.7. The lowest BCUT2D eigenvalue weighted by Gasteiger charge is -2.32. The topological polar surface area (TPSA) is 23.5 Å². The fourth-order valence-corrected chi connectivity index (χ4v) is 1.62. The van der Waals surface area contributed by atoms with Gasteiger partial charge in [-0.2, -0.15) is 0 Å². The van der Waals surface area contributed by atoms with Crippen LogP contribution in [-0.2, 0) is 0 Å². The van der Waals surface area contributed by atoms with Gasteiger partial charge in [0, 0.05) is 12.1 Å². The number of rotatable bonds is 4. The zero-order chi connectivity index (χ0) is 11.4. The average molecular weight is 207 g/mol. The van der Waals surface area contributed by atoms with Gasteiger partial charge in [0.2, 0.25) is 0 Å². The summed E-state index contributed by atoms with van der Waals surface area (Å²) in [7, 11) is 2.04. The minimum atomic E-state index is -0.418. The van der Waals surface area contributed by atoms with Gasteiger partial charge in [0.25, 0.3) is 0 Å². The Labute approximate surface area is 92.5 Å². The third-order valence-electron chi connectivity index (χ3n) is 3.05. The largest absolute Gasteiger partial charge is 0.387 e. The molecule has 0 heterocycles. The van der Waals surface area contributed by atoms with Crippen molar-refractivity contribution in [3.05, 3.63) is 35.9 Å². The molecular weight excluding hydrogens is 186 g/mol. The van der Waals surface area contributed by atoms with Gasteiger partial charge in [0.15, 0.2) is 0 Å². The molecule has 0 aliphatic rings. The van der Waals surface area contributed by atoms with Crippen molar-refractivity contribution in [3.8, 4) is 0 Å². The molecule has 1 N–H and O–H groups in total. The number of hydrogen-bond acceptors (Lipinski definition) is 2. The van der Waals surface area contributed by atoms with Gasteiger partial charge in [-0.1, -0.05) is 30.3 Å². The van der Waals surface area contributed by atoms with Crippen molar-refractivity contribution >= 4 is 0 Å². The summed E-state index contributed by atoms with van der Waals surface area (Å²) in [4.78, 5) is 2.18. The Bertz CT molecular complexity index is 284. The van der Waals surface area contributed by atoms with Gasteiger partial charge in [-0.25, -0.2) is 0 Å². The Hall–Kier alpha value is -0.860. The highest BCUT2D eigenvalue weighted by molar-refractivity contribution is 5.18. The van der Waals surface area contributed by atoms with Crippen molar-refractivity contribution in [2.45, 2.75) is 39.0 Å². The summed E-state index contributed by atoms with van der Waals surface area (Å²) in [6.07, 6.45) is -0.418. The van der Waals surface area contributed by atoms with Crippen molar-refractivity contribution in [2.24, 2.45) is 0 Å². The van der Waals surface area contributed by atoms with Crippen molar-refractivity contribution in [2.75, 3.05) is 7.05 Å². The standard InChI is InChI=1S/C13H21NO/c1-10(2)14(4)11(3)13(15)12-8-6-5-7-9-12/h5-11,13,15H,1-4H3/t11-,13-/m1/s1. The third kappa shape index (κ3) is 3.05. The minimum Gasteiger partial charge on any atom is -0.387 e. The van der Waals surface area contributed by atoms with Gasteiger partial charge in [-0.3, -0.25) is 4.90 Å². The van der Waals surface area contributed by atoms with E-state index in [1.54, 1.807) is 0 Å². The summed E-state index contributed by atoms with van der Waals surface area (Å²) >= 11 is 0. The maximum atomic E-state index is 10.2. The third-order valence-corrected chi connectivity index (χ3v) is 3.05. The Kier molecular flexibility index (Phi) is 4.30. The van der Waals surface area contributed by atoms with Crippen LogP contribution in [0.25, 0.3) is 0 Å². The average Bonchev–Trinajstić information content (AvgIpc) is 2.27. The number of nitrogens with zero attached hydrogens (tertiary/aromatic N) is 1. The van der Waals surface area contributed by atoms with E-state index in [0.29, 0.717) is 6.04 Å². The van der Waals surface area contributed by atoms with Crippen LogP contribution in [0.2, 0.25) is 0 Å². The van der Waals surface area contributed by atoms with Gasteiger partial charge >= 0.3 is 0 Å². The maximum absolute atomic E-state index is 10.2. The second kappa shape index (κ2) is 5.29. The first-order valence-corrected chi connectivity index (χ1v) is 5.49. The van der Waals surface area contributed by atoms with Crippen molar-refractivity contribution in [3.63, 3.8) is 0 Å². The molecule has 0 radical (unpaired) electrons. The predicted octanol–water partition coefficient (Wildman–Crippen LogP) is 2.45. The lowest BCUT2D eigenvalue weighted by molar-refractivity contribution is 0.0571. The molecule has 0 spiro atoms. The van der Waals surface area contributed by atoms with Crippen LogP contribution in [0.4, 0.5) is 0 Å². The highest BCUT2D eigenvalue weighted by Crippen LogP contribution is 2.20. The van der Waals surface area contributed by atoms with E-state index in [4.69, 9.17) is 0 Å². The van der Waals surface area contributed by atoms with Gasteiger partial charge in [0.05, 0.1) is 6.10 Å². The molecule has 0 aliphatic heterocycles. The molecule has 15 heavy (non-hydrogen) atoms. The van der Waals surface area contributed by atoms with Gasteiger partial charge < -0.3 is 5.11 Å². The van der Waals surface area contributed by atoms with Crippen LogP contribution in [0.1, 0.15) is 32.4 Å². The van der Waals surface area contributed by atoms with Crippen LogP contribution in [0.15, 0.2) is 30.3 Å². The molecule has 0 saturated carbocycles. The van der Waals surface area contributed by atoms with Crippen molar-refractivity contribution in [1.29, 1.82) is 0 Å². The molecule has 0 aliphatic carbocycles. The molecule has 1 aromatic carbocycles. The molecule has 0 bridgehead atoms. The Balaban J connectivity index is 2.73. The molecule has 2 heteroatoms. The Morgan fingerprint density at radius 2 is 1.60 bits per heavy atom. The SMILES string of the molecule is CC(C)N(C)[C@H](C)[C@@H](O)c1ccccc1. The molecule has 2 atom stereocenters. The van der Waals surface area contributed by atoms with E-state index in [-0.39, 0.29) is 6.04 Å². The Morgan fingerprint density at radius 1 is 1.07 bits per heavy atom. The lowest BCUT2D eigenvalue weighted by Crippen LogP contribution is -2.39. The second-order valence-corrected chi connectivity index (χ2v) is 4.36. The fraction of sp³-hybridized carbons (Fsp3) is 0.538. The van der Waals surface area contributed by atoms with E-state index in [2.05, 4.69) is 25.7 Å². The fourth-order valence-electron chi connectivity index (χ4n) is 1.62. The Morgan fingerprint density at radius 3 is 2.07 bits per heavy atom. The molecule has 2 nitrogen and oxygen atoms in total. The number of benzene rings is 1. The predicted molar refractivity (Wildman–Crippen MR) is 63.8 cm³/mol. The zero-order valence-corrected chi connectivity index (χ0v) is 10.0. The van der Waals surface area contributed by atoms with E-state index in [1.807, 2.05) is 37.4 Å². The van der Waals surface area contributed by atoms with Crippen LogP contribution in [0.5, 0.6) is 0 Å². The molecule has 0 amide bonds. The summed E-state index contributed by atoms with van der Waals surface area (Å²) in [5, 5.41) is 10.2. The van der Waals surface area contributed by atoms with Crippen LogP contribution < -0.4 is 0 Å². The molecule has 0 unspecified atom stereocenters. The molecule has 1 aromatic rings. The van der Waals surface area contributed by atoms with Crippen LogP contribution in [0, 0.1) is 0 Å². The van der Waals surface area contributed by atoms with E-state index in [0.717, 1.165) is 5.56 Å². The minimum absolute atomic E-state index is 0.132. The van der Waals surface area contributed by atoms with E-state index < -0.39 is 6.10 Å². The first kappa shape index (κ1) is 12.2. The summed E-state index contributed by atoms with van der Waals surface area (Å²) in [5.41, 5.74) is 0.984. The quantitative estimate of drug-likeness (QED) is 0.819. The van der Waals surface area contributed by atoms with Gasteiger partial charge in [-0.05, 0) is 33.4 Å². The zero-order valence-electron chi connectivity index (χ0n) is 10.0. The highest BCUT2D eigenvalue weighted by Gasteiger charge is 2.21. The second-order valence-electron chi connectivity index (χ2n) is 4.36. The molecule has 84 valence electrons. The lowest BCUT2D eigenvalue weighted by atomic mass is 10.0. The summed E-state index contributed by atoms with van der Waals surface area (Å²) in [5.74, 6) is 0. The molecule has 0 aromatic heterocycles. The van der Waals surface area contributed by atoms with Gasteiger partial charge in [0.1, 0.15) is 0 Å². The van der Waals surface area contributed by atoms with Crippen LogP contribution in [-0.4, -0.2) is 29.1 Å². The van der Waals surface area contributed by atoms with E-state index in [1.165, 1.54) is 0 Å². The number of hydrogen-bond donors (Lipinski definition) is 1. The number of aliphatic hydroxyl groups is 1. The van der Waals surface area contributed by atoms with E-state index in [9.17, 15) is 5.11 Å². The van der Waals surface area contributed by atoms with Crippen molar-refractivity contribution in [1.82, 2.24) is 4.90 Å². The first-order chi connectivity index (χ1) is 7.04. The summed E-state index contributed by atoms with van der Waals surface area (Å²) < 4.78 is 0. The number of aliphatic hydroxyl groups excluding tert-OH is 1. The van der Waals surface area contributed by atoms with Crippen LogP contribution in [0.3, 0.4) is 0 Å². The first-order valence-electron chi connectivity index (χ1n) is 5.49. The molecular formula is C13H21NO. The summed E-state index contributed by atoms with van der Waals surface area (Å²) in [6, 6.07) is 10.4. The maximum Gasteiger partial charge on any atom is 0.0942 e.